The minimum absolute atomic E-state index is 0. The van der Waals surface area contributed by atoms with Gasteiger partial charge in [0.1, 0.15) is 0 Å². The van der Waals surface area contributed by atoms with Crippen LogP contribution in [0.2, 0.25) is 0 Å². The molecule has 0 spiro atoms. The fourth-order valence-electron chi connectivity index (χ4n) is 0. The molecule has 0 unspecified atom stereocenters. The summed E-state index contributed by atoms with van der Waals surface area (Å²) in [5.74, 6) is 0. The molecule has 0 heterocycles. The number of hydrogen-bond acceptors (Lipinski definition) is 0. The average Bonchev–Trinajstić information content (AvgIpc) is 0. The van der Waals surface area contributed by atoms with Crippen molar-refractivity contribution in [2.24, 2.45) is 0 Å². The average molecular weight is 317 g/mol. The predicted octanol–water partition coefficient (Wildman–Crippen LogP) is -5.31. The summed E-state index contributed by atoms with van der Waals surface area (Å²) < 4.78 is 0. The molecule has 58 valence electrons. The van der Waals surface area contributed by atoms with Gasteiger partial charge >= 0.3 is 24.4 Å². The standard InChI is InChI=1S/5H2O.Sb.2V.3H/h5*1H2;;;;;;. The fourth-order valence-corrected chi connectivity index (χ4v) is 0. The molecule has 8 heteroatoms. The molecule has 0 aromatic carbocycles. The molecule has 0 amide bonds. The van der Waals surface area contributed by atoms with E-state index in [0.29, 0.717) is 0 Å². The van der Waals surface area contributed by atoms with Gasteiger partial charge in [0.15, 0.2) is 0 Å². The van der Waals surface area contributed by atoms with Crippen LogP contribution in [0.5, 0.6) is 0 Å². The minimum Gasteiger partial charge on any atom is 0 e. The van der Waals surface area contributed by atoms with Gasteiger partial charge in [0, 0.05) is 37.1 Å². The summed E-state index contributed by atoms with van der Waals surface area (Å²) in [5, 5.41) is 0. The summed E-state index contributed by atoms with van der Waals surface area (Å²) in [4.78, 5) is 0. The molecule has 0 aliphatic carbocycles. The Morgan fingerprint density at radius 2 is 0.375 bits per heavy atom. The third-order valence-electron chi connectivity index (χ3n) is 0. The summed E-state index contributed by atoms with van der Waals surface area (Å²) in [6.07, 6.45) is 0. The first-order valence-electron chi connectivity index (χ1n) is 0. The summed E-state index contributed by atoms with van der Waals surface area (Å²) >= 11 is 0. The SMILES string of the molecule is O.O.O.O.O.[SbH3].[V].[V]. The summed E-state index contributed by atoms with van der Waals surface area (Å²) in [6.45, 7) is 0. The maximum atomic E-state index is 0. The molecule has 8 heavy (non-hydrogen) atoms. The van der Waals surface area contributed by atoms with Crippen LogP contribution in [-0.2, 0) is 37.1 Å². The Morgan fingerprint density at radius 3 is 0.375 bits per heavy atom. The largest absolute Gasteiger partial charge is 0 e. The van der Waals surface area contributed by atoms with Crippen molar-refractivity contribution in [2.45, 2.75) is 0 Å². The Morgan fingerprint density at radius 1 is 0.375 bits per heavy atom. The third-order valence-corrected chi connectivity index (χ3v) is 0. The zero-order valence-electron chi connectivity index (χ0n) is 4.10. The molecule has 0 atom stereocenters. The second-order valence-corrected chi connectivity index (χ2v) is 0. The number of hydrogen-bond donors (Lipinski definition) is 0. The van der Waals surface area contributed by atoms with Crippen molar-refractivity contribution < 1.29 is 64.5 Å². The molecule has 0 saturated heterocycles. The first-order chi connectivity index (χ1) is 0. The molecule has 0 bridgehead atoms. The normalized spacial score (nSPS) is 0. The molecule has 0 aromatic heterocycles. The van der Waals surface area contributed by atoms with Crippen molar-refractivity contribution in [2.75, 3.05) is 0 Å². The Balaban J connectivity index is 0. The van der Waals surface area contributed by atoms with Gasteiger partial charge in [0.2, 0.25) is 0 Å². The number of rotatable bonds is 0. The Hall–Kier alpha value is 1.79. The first kappa shape index (κ1) is 237. The van der Waals surface area contributed by atoms with Gasteiger partial charge in [-0.25, -0.2) is 0 Å². The van der Waals surface area contributed by atoms with E-state index in [0.717, 1.165) is 0 Å². The van der Waals surface area contributed by atoms with Crippen molar-refractivity contribution in [3.05, 3.63) is 0 Å². The Labute approximate surface area is 88.4 Å². The smallest absolute Gasteiger partial charge is 0 e. The molecular weight excluding hydrogens is 304 g/mol. The van der Waals surface area contributed by atoms with Gasteiger partial charge < -0.3 is 27.4 Å². The van der Waals surface area contributed by atoms with Crippen LogP contribution < -0.4 is 0 Å². The topological polar surface area (TPSA) is 158 Å². The van der Waals surface area contributed by atoms with Crippen LogP contribution in [0.4, 0.5) is 0 Å². The quantitative estimate of drug-likeness (QED) is 0.391. The van der Waals surface area contributed by atoms with Crippen LogP contribution >= 0.6 is 0 Å². The Kier molecular flexibility index (Phi) is 4940. The van der Waals surface area contributed by atoms with E-state index in [1.54, 1.807) is 0 Å². The van der Waals surface area contributed by atoms with Crippen molar-refractivity contribution >= 4 is 24.4 Å². The first-order valence-corrected chi connectivity index (χ1v) is 0. The second-order valence-electron chi connectivity index (χ2n) is 0. The monoisotopic (exact) mass is 316 g/mol. The van der Waals surface area contributed by atoms with Crippen molar-refractivity contribution in [1.29, 1.82) is 0 Å². The molecule has 2 radical (unpaired) electrons. The van der Waals surface area contributed by atoms with Gasteiger partial charge in [-0.1, -0.05) is 0 Å². The van der Waals surface area contributed by atoms with Crippen molar-refractivity contribution in [1.82, 2.24) is 0 Å². The van der Waals surface area contributed by atoms with E-state index in [9.17, 15) is 0 Å². The van der Waals surface area contributed by atoms with E-state index >= 15 is 0 Å². The summed E-state index contributed by atoms with van der Waals surface area (Å²) in [5.41, 5.74) is 0. The van der Waals surface area contributed by atoms with Crippen LogP contribution in [-0.4, -0.2) is 51.8 Å². The van der Waals surface area contributed by atoms with Crippen LogP contribution in [0, 0.1) is 0 Å². The molecule has 0 aliphatic rings. The van der Waals surface area contributed by atoms with Gasteiger partial charge in [0.05, 0.1) is 0 Å². The summed E-state index contributed by atoms with van der Waals surface area (Å²) in [7, 11) is 0. The fraction of sp³-hybridized carbons (Fsp3) is 0. The second kappa shape index (κ2) is 167. The van der Waals surface area contributed by atoms with Crippen LogP contribution in [0.25, 0.3) is 0 Å². The molecular formula is H13O5SbV2. The van der Waals surface area contributed by atoms with Gasteiger partial charge in [-0.3, -0.25) is 0 Å². The zero-order valence-corrected chi connectivity index (χ0v) is 10.9. The molecule has 0 saturated carbocycles. The maximum absolute atomic E-state index is 0. The molecule has 0 aromatic rings. The van der Waals surface area contributed by atoms with E-state index in [4.69, 9.17) is 0 Å². The van der Waals surface area contributed by atoms with E-state index in [1.807, 2.05) is 0 Å². The van der Waals surface area contributed by atoms with Crippen LogP contribution in [0.3, 0.4) is 0 Å². The predicted molar refractivity (Wildman–Crippen MR) is 28.0 cm³/mol. The van der Waals surface area contributed by atoms with Gasteiger partial charge in [0.25, 0.3) is 0 Å². The molecule has 5 nitrogen and oxygen atoms in total. The summed E-state index contributed by atoms with van der Waals surface area (Å²) in [6, 6.07) is 0. The van der Waals surface area contributed by atoms with Crippen LogP contribution in [0.1, 0.15) is 0 Å². The van der Waals surface area contributed by atoms with Crippen molar-refractivity contribution in [3.63, 3.8) is 0 Å². The van der Waals surface area contributed by atoms with Crippen molar-refractivity contribution in [3.8, 4) is 0 Å². The molecule has 0 rings (SSSR count). The Bertz CT molecular complexity index is 10.4. The zero-order chi connectivity index (χ0) is 0. The third kappa shape index (κ3) is 112. The van der Waals surface area contributed by atoms with Gasteiger partial charge in [-0.15, -0.1) is 0 Å². The van der Waals surface area contributed by atoms with E-state index < -0.39 is 0 Å². The van der Waals surface area contributed by atoms with Gasteiger partial charge in [-0.2, -0.15) is 0 Å². The maximum Gasteiger partial charge on any atom is 0 e. The van der Waals surface area contributed by atoms with E-state index in [2.05, 4.69) is 0 Å². The van der Waals surface area contributed by atoms with E-state index in [1.165, 1.54) is 0 Å². The van der Waals surface area contributed by atoms with Crippen LogP contribution in [0.15, 0.2) is 0 Å². The molecule has 0 aliphatic heterocycles. The van der Waals surface area contributed by atoms with E-state index in [-0.39, 0.29) is 88.9 Å². The molecule has 10 N–H and O–H groups in total. The molecule has 0 fully saturated rings. The van der Waals surface area contributed by atoms with Gasteiger partial charge in [-0.05, 0) is 0 Å². The minimum atomic E-state index is 0.